The largest absolute Gasteiger partial charge is 0.506 e. The van der Waals surface area contributed by atoms with Gasteiger partial charge in [-0.25, -0.2) is 0 Å². The van der Waals surface area contributed by atoms with E-state index in [1.807, 2.05) is 0 Å². The summed E-state index contributed by atoms with van der Waals surface area (Å²) in [5, 5.41) is 11.8. The van der Waals surface area contributed by atoms with Gasteiger partial charge in [-0.05, 0) is 35.8 Å². The smallest absolute Gasteiger partial charge is 0.149 e. The first-order chi connectivity index (χ1) is 5.77. The molecule has 64 valence electrons. The second kappa shape index (κ2) is 3.82. The molecule has 0 aliphatic heterocycles. The number of aromatic hydroxyl groups is 1. The number of benzene rings is 1. The predicted octanol–water partition coefficient (Wildman–Crippen LogP) is 1.29. The fourth-order valence-corrected chi connectivity index (χ4v) is 0.968. The van der Waals surface area contributed by atoms with Crippen LogP contribution in [-0.2, 0) is 6.42 Å². The molecule has 0 aliphatic rings. The van der Waals surface area contributed by atoms with Crippen LogP contribution in [0.1, 0.15) is 5.56 Å². The summed E-state index contributed by atoms with van der Waals surface area (Å²) < 4.78 is 0. The molecule has 0 bridgehead atoms. The van der Waals surface area contributed by atoms with E-state index in [0.29, 0.717) is 13.0 Å². The van der Waals surface area contributed by atoms with E-state index in [-0.39, 0.29) is 11.4 Å². The minimum absolute atomic E-state index is 0.0655. The molecule has 0 heterocycles. The molecule has 1 rings (SSSR count). The van der Waals surface area contributed by atoms with Crippen molar-refractivity contribution in [3.8, 4) is 5.75 Å². The topological polar surface area (TPSA) is 75.7 Å². The van der Waals surface area contributed by atoms with Gasteiger partial charge in [-0.15, -0.1) is 4.91 Å². The number of nitrogens with zero attached hydrogens (tertiary/aromatic N) is 1. The van der Waals surface area contributed by atoms with E-state index in [0.717, 1.165) is 5.56 Å². The molecule has 0 spiro atoms. The molecule has 0 atom stereocenters. The maximum Gasteiger partial charge on any atom is 0.149 e. The summed E-state index contributed by atoms with van der Waals surface area (Å²) in [7, 11) is 0. The number of nitroso groups, excluding NO2 is 1. The third-order valence-electron chi connectivity index (χ3n) is 1.57. The third kappa shape index (κ3) is 1.79. The molecule has 0 saturated heterocycles. The number of rotatable bonds is 3. The molecule has 12 heavy (non-hydrogen) atoms. The Labute approximate surface area is 70.0 Å². The number of hydrogen-bond donors (Lipinski definition) is 2. The molecule has 0 radical (unpaired) electrons. The van der Waals surface area contributed by atoms with Crippen LogP contribution in [0, 0.1) is 4.91 Å². The Morgan fingerprint density at radius 2 is 2.25 bits per heavy atom. The minimum Gasteiger partial charge on any atom is -0.506 e. The summed E-state index contributed by atoms with van der Waals surface area (Å²) in [5.41, 5.74) is 6.28. The first-order valence-corrected chi connectivity index (χ1v) is 3.63. The Hall–Kier alpha value is -1.42. The Morgan fingerprint density at radius 3 is 2.75 bits per heavy atom. The quantitative estimate of drug-likeness (QED) is 0.664. The maximum atomic E-state index is 10.1. The van der Waals surface area contributed by atoms with E-state index in [1.165, 1.54) is 12.1 Å². The zero-order chi connectivity index (χ0) is 8.97. The number of phenols is 1. The standard InChI is InChI=1S/C8H10N2O2/c9-4-3-6-1-2-7(10-12)8(11)5-6/h1-2,5,11H,3-4,9H2. The van der Waals surface area contributed by atoms with Gasteiger partial charge in [-0.1, -0.05) is 6.07 Å². The van der Waals surface area contributed by atoms with Gasteiger partial charge < -0.3 is 10.8 Å². The van der Waals surface area contributed by atoms with E-state index in [2.05, 4.69) is 5.18 Å². The van der Waals surface area contributed by atoms with Crippen molar-refractivity contribution in [3.05, 3.63) is 28.7 Å². The Bertz CT molecular complexity index is 286. The normalized spacial score (nSPS) is 9.75. The molecule has 0 aromatic heterocycles. The van der Waals surface area contributed by atoms with Crippen LogP contribution in [0.15, 0.2) is 23.4 Å². The van der Waals surface area contributed by atoms with Crippen molar-refractivity contribution in [3.63, 3.8) is 0 Å². The average Bonchev–Trinajstić information content (AvgIpc) is 2.05. The van der Waals surface area contributed by atoms with Crippen LogP contribution in [0.5, 0.6) is 5.75 Å². The van der Waals surface area contributed by atoms with Gasteiger partial charge in [-0.3, -0.25) is 0 Å². The van der Waals surface area contributed by atoms with Gasteiger partial charge in [0, 0.05) is 0 Å². The van der Waals surface area contributed by atoms with Crippen molar-refractivity contribution in [2.45, 2.75) is 6.42 Å². The van der Waals surface area contributed by atoms with E-state index < -0.39 is 0 Å². The van der Waals surface area contributed by atoms with Gasteiger partial charge in [-0.2, -0.15) is 0 Å². The number of phenolic OH excluding ortho intramolecular Hbond substituents is 1. The molecule has 0 aliphatic carbocycles. The van der Waals surface area contributed by atoms with Gasteiger partial charge in [0.05, 0.1) is 0 Å². The molecule has 0 amide bonds. The summed E-state index contributed by atoms with van der Waals surface area (Å²) in [6.07, 6.45) is 0.687. The first-order valence-electron chi connectivity index (χ1n) is 3.63. The molecular weight excluding hydrogens is 156 g/mol. The average molecular weight is 166 g/mol. The van der Waals surface area contributed by atoms with E-state index in [1.54, 1.807) is 6.07 Å². The molecule has 4 heteroatoms. The van der Waals surface area contributed by atoms with Crippen LogP contribution in [0.4, 0.5) is 5.69 Å². The lowest BCUT2D eigenvalue weighted by atomic mass is 10.1. The number of hydrogen-bond acceptors (Lipinski definition) is 4. The van der Waals surface area contributed by atoms with Crippen LogP contribution in [0.2, 0.25) is 0 Å². The fraction of sp³-hybridized carbons (Fsp3) is 0.250. The van der Waals surface area contributed by atoms with E-state index >= 15 is 0 Å². The molecule has 1 aromatic carbocycles. The van der Waals surface area contributed by atoms with E-state index in [4.69, 9.17) is 5.73 Å². The van der Waals surface area contributed by atoms with Crippen molar-refractivity contribution in [2.75, 3.05) is 6.54 Å². The van der Waals surface area contributed by atoms with Crippen LogP contribution in [0.3, 0.4) is 0 Å². The summed E-state index contributed by atoms with van der Waals surface area (Å²) in [6.45, 7) is 0.521. The first kappa shape index (κ1) is 8.67. The molecular formula is C8H10N2O2. The maximum absolute atomic E-state index is 10.1. The zero-order valence-corrected chi connectivity index (χ0v) is 6.53. The highest BCUT2D eigenvalue weighted by atomic mass is 16.3. The van der Waals surface area contributed by atoms with Gasteiger partial charge in [0.1, 0.15) is 11.4 Å². The molecule has 0 fully saturated rings. The molecule has 4 nitrogen and oxygen atoms in total. The summed E-state index contributed by atoms with van der Waals surface area (Å²) in [5.74, 6) is -0.0871. The Kier molecular flexibility index (Phi) is 2.76. The molecule has 1 aromatic rings. The third-order valence-corrected chi connectivity index (χ3v) is 1.57. The number of nitrogens with two attached hydrogens (primary N) is 1. The van der Waals surface area contributed by atoms with Gasteiger partial charge >= 0.3 is 0 Å². The van der Waals surface area contributed by atoms with Crippen molar-refractivity contribution < 1.29 is 5.11 Å². The lowest BCUT2D eigenvalue weighted by Crippen LogP contribution is -2.02. The summed E-state index contributed by atoms with van der Waals surface area (Å²) in [6, 6.07) is 4.71. The highest BCUT2D eigenvalue weighted by molar-refractivity contribution is 5.52. The predicted molar refractivity (Wildman–Crippen MR) is 46.3 cm³/mol. The zero-order valence-electron chi connectivity index (χ0n) is 6.53. The second-order valence-electron chi connectivity index (χ2n) is 2.45. The summed E-state index contributed by atoms with van der Waals surface area (Å²) in [4.78, 5) is 10.1. The minimum atomic E-state index is -0.0871. The van der Waals surface area contributed by atoms with Crippen LogP contribution in [0.25, 0.3) is 0 Å². The Morgan fingerprint density at radius 1 is 1.50 bits per heavy atom. The van der Waals surface area contributed by atoms with Crippen molar-refractivity contribution >= 4 is 5.69 Å². The van der Waals surface area contributed by atoms with Gasteiger partial charge in [0.2, 0.25) is 0 Å². The highest BCUT2D eigenvalue weighted by Crippen LogP contribution is 2.26. The lowest BCUT2D eigenvalue weighted by molar-refractivity contribution is 0.476. The SMILES string of the molecule is NCCc1ccc(N=O)c(O)c1. The van der Waals surface area contributed by atoms with Crippen LogP contribution in [-0.4, -0.2) is 11.7 Å². The van der Waals surface area contributed by atoms with Crippen molar-refractivity contribution in [2.24, 2.45) is 10.9 Å². The van der Waals surface area contributed by atoms with Crippen LogP contribution < -0.4 is 5.73 Å². The second-order valence-corrected chi connectivity index (χ2v) is 2.45. The fourth-order valence-electron chi connectivity index (χ4n) is 0.968. The molecule has 3 N–H and O–H groups in total. The van der Waals surface area contributed by atoms with Crippen LogP contribution >= 0.6 is 0 Å². The van der Waals surface area contributed by atoms with E-state index in [9.17, 15) is 10.0 Å². The van der Waals surface area contributed by atoms with Crippen molar-refractivity contribution in [1.82, 2.24) is 0 Å². The Balaban J connectivity index is 2.93. The highest BCUT2D eigenvalue weighted by Gasteiger charge is 2.01. The van der Waals surface area contributed by atoms with Gasteiger partial charge in [0.25, 0.3) is 0 Å². The van der Waals surface area contributed by atoms with Crippen molar-refractivity contribution in [1.29, 1.82) is 0 Å². The monoisotopic (exact) mass is 166 g/mol. The van der Waals surface area contributed by atoms with Gasteiger partial charge in [0.15, 0.2) is 0 Å². The molecule has 0 unspecified atom stereocenters. The molecule has 0 saturated carbocycles. The lowest BCUT2D eigenvalue weighted by Gasteiger charge is -1.99. The summed E-state index contributed by atoms with van der Waals surface area (Å²) >= 11 is 0.